The number of thiazole rings is 1. The fourth-order valence-corrected chi connectivity index (χ4v) is 5.65. The number of alkyl halides is 3. The van der Waals surface area contributed by atoms with Gasteiger partial charge in [-0.15, -0.1) is 5.53 Å². The molecule has 0 radical (unpaired) electrons. The first-order valence-corrected chi connectivity index (χ1v) is 14.6. The molecule has 228 valence electrons. The zero-order valence-corrected chi connectivity index (χ0v) is 25.1. The standard InChI is InChI=1S/C29H33F3N8O2S/c1-5-26(41)35-28-33-16-25(43-28)24-17-40(36-38(24)4)23-12-19(7-6-18(23)2)27(42)34-21-13-20(29(30,31)32)14-22(15-21)39-10-8-37(3)9-11-39/h6-7,12-17,36H,5,8-11H2,1-4H3,(H,34,42)(H,33,35,41). The minimum Gasteiger partial charge on any atom is -0.369 e. The van der Waals surface area contributed by atoms with Gasteiger partial charge in [0.25, 0.3) is 5.91 Å². The Morgan fingerprint density at radius 1 is 1.05 bits per heavy atom. The van der Waals surface area contributed by atoms with Crippen LogP contribution in [0.3, 0.4) is 0 Å². The third kappa shape index (κ3) is 6.92. The maximum absolute atomic E-state index is 13.8. The third-order valence-electron chi connectivity index (χ3n) is 7.30. The summed E-state index contributed by atoms with van der Waals surface area (Å²) in [5.41, 5.74) is 5.52. The molecule has 2 aliphatic rings. The number of anilines is 4. The molecule has 43 heavy (non-hydrogen) atoms. The van der Waals surface area contributed by atoms with E-state index in [-0.39, 0.29) is 17.2 Å². The van der Waals surface area contributed by atoms with Gasteiger partial charge >= 0.3 is 6.18 Å². The first-order valence-electron chi connectivity index (χ1n) is 13.8. The van der Waals surface area contributed by atoms with E-state index in [1.807, 2.05) is 32.1 Å². The Hall–Kier alpha value is -4.14. The van der Waals surface area contributed by atoms with Gasteiger partial charge < -0.3 is 20.4 Å². The maximum Gasteiger partial charge on any atom is 0.416 e. The molecular weight excluding hydrogens is 581 g/mol. The number of carbonyl (C=O) groups is 2. The van der Waals surface area contributed by atoms with E-state index in [4.69, 9.17) is 0 Å². The van der Waals surface area contributed by atoms with Crippen LogP contribution in [0.2, 0.25) is 0 Å². The van der Waals surface area contributed by atoms with Gasteiger partial charge in [-0.3, -0.25) is 19.6 Å². The van der Waals surface area contributed by atoms with Crippen molar-refractivity contribution in [1.82, 2.24) is 20.4 Å². The number of hydrogen-bond acceptors (Lipinski definition) is 9. The molecule has 3 N–H and O–H groups in total. The van der Waals surface area contributed by atoms with Crippen LogP contribution in [-0.2, 0) is 11.0 Å². The first-order chi connectivity index (χ1) is 20.4. The minimum atomic E-state index is -4.56. The first kappa shape index (κ1) is 30.3. The lowest BCUT2D eigenvalue weighted by atomic mass is 10.1. The second-order valence-electron chi connectivity index (χ2n) is 10.5. The molecular formula is C29H33F3N8O2S. The van der Waals surface area contributed by atoms with E-state index >= 15 is 0 Å². The molecule has 3 aromatic rings. The number of nitrogens with zero attached hydrogens (tertiary/aromatic N) is 5. The Labute approximate surface area is 251 Å². The van der Waals surface area contributed by atoms with E-state index in [1.165, 1.54) is 11.3 Å². The number of likely N-dealkylation sites (N-methyl/N-ethyl adjacent to an activating group) is 1. The Morgan fingerprint density at radius 3 is 2.49 bits per heavy atom. The zero-order valence-electron chi connectivity index (χ0n) is 24.2. The number of piperazine rings is 1. The van der Waals surface area contributed by atoms with Crippen LogP contribution in [0.5, 0.6) is 0 Å². The molecule has 0 atom stereocenters. The molecule has 1 saturated heterocycles. The number of aromatic nitrogens is 1. The summed E-state index contributed by atoms with van der Waals surface area (Å²) in [4.78, 5) is 34.2. The largest absolute Gasteiger partial charge is 0.416 e. The summed E-state index contributed by atoms with van der Waals surface area (Å²) >= 11 is 1.33. The van der Waals surface area contributed by atoms with Gasteiger partial charge in [-0.1, -0.05) is 24.3 Å². The van der Waals surface area contributed by atoms with Gasteiger partial charge in [-0.05, 0) is 49.9 Å². The van der Waals surface area contributed by atoms with Crippen LogP contribution in [-0.4, -0.2) is 67.0 Å². The highest BCUT2D eigenvalue weighted by molar-refractivity contribution is 7.16. The van der Waals surface area contributed by atoms with E-state index in [2.05, 4.69) is 26.1 Å². The number of carbonyl (C=O) groups excluding carboxylic acids is 2. The van der Waals surface area contributed by atoms with Crippen LogP contribution in [0.1, 0.15) is 39.7 Å². The van der Waals surface area contributed by atoms with Gasteiger partial charge in [-0.25, -0.2) is 4.98 Å². The van der Waals surface area contributed by atoms with E-state index < -0.39 is 17.6 Å². The summed E-state index contributed by atoms with van der Waals surface area (Å²) in [6.07, 6.45) is -0.692. The minimum absolute atomic E-state index is 0.0771. The molecule has 2 aromatic carbocycles. The Kier molecular flexibility index (Phi) is 8.62. The highest BCUT2D eigenvalue weighted by atomic mass is 32.1. The van der Waals surface area contributed by atoms with Crippen molar-refractivity contribution in [3.63, 3.8) is 0 Å². The van der Waals surface area contributed by atoms with Crippen molar-refractivity contribution in [2.75, 3.05) is 60.8 Å². The molecule has 0 spiro atoms. The van der Waals surface area contributed by atoms with Gasteiger partial charge in [0.1, 0.15) is 0 Å². The van der Waals surface area contributed by atoms with Crippen molar-refractivity contribution < 1.29 is 22.8 Å². The summed E-state index contributed by atoms with van der Waals surface area (Å²) in [6, 6.07) is 8.79. The van der Waals surface area contributed by atoms with E-state index in [1.54, 1.807) is 47.4 Å². The molecule has 2 amide bonds. The number of hydrazine groups is 2. The molecule has 1 aromatic heterocycles. The van der Waals surface area contributed by atoms with Crippen molar-refractivity contribution in [1.29, 1.82) is 0 Å². The fourth-order valence-electron chi connectivity index (χ4n) is 4.77. The van der Waals surface area contributed by atoms with E-state index in [9.17, 15) is 22.8 Å². The number of amides is 2. The monoisotopic (exact) mass is 614 g/mol. The molecule has 0 bridgehead atoms. The lowest BCUT2D eigenvalue weighted by molar-refractivity contribution is -0.137. The second kappa shape index (κ2) is 12.2. The molecule has 0 saturated carbocycles. The summed E-state index contributed by atoms with van der Waals surface area (Å²) in [7, 11) is 3.80. The lowest BCUT2D eigenvalue weighted by Gasteiger charge is -2.34. The van der Waals surface area contributed by atoms with Crippen molar-refractivity contribution in [3.05, 3.63) is 70.4 Å². The molecule has 3 heterocycles. The van der Waals surface area contributed by atoms with Crippen LogP contribution < -0.4 is 26.1 Å². The lowest BCUT2D eigenvalue weighted by Crippen LogP contribution is -2.44. The molecule has 14 heteroatoms. The van der Waals surface area contributed by atoms with Crippen molar-refractivity contribution in [2.24, 2.45) is 0 Å². The van der Waals surface area contributed by atoms with Crippen LogP contribution >= 0.6 is 11.3 Å². The maximum atomic E-state index is 13.8. The van der Waals surface area contributed by atoms with Crippen LogP contribution in [0.4, 0.5) is 35.4 Å². The van der Waals surface area contributed by atoms with Crippen LogP contribution in [0.15, 0.2) is 48.8 Å². The normalized spacial score (nSPS) is 16.0. The fraction of sp³-hybridized carbons (Fsp3) is 0.345. The topological polar surface area (TPSA) is 96.1 Å². The Balaban J connectivity index is 1.37. The average molecular weight is 615 g/mol. The molecule has 1 fully saturated rings. The molecule has 0 aliphatic carbocycles. The van der Waals surface area contributed by atoms with Gasteiger partial charge in [0.15, 0.2) is 5.13 Å². The van der Waals surface area contributed by atoms with E-state index in [0.717, 1.165) is 41.4 Å². The van der Waals surface area contributed by atoms with Crippen LogP contribution in [0, 0.1) is 6.92 Å². The Bertz CT molecular complexity index is 1550. The number of aryl methyl sites for hydroxylation is 1. The van der Waals surface area contributed by atoms with E-state index in [0.29, 0.717) is 36.0 Å². The van der Waals surface area contributed by atoms with Gasteiger partial charge in [0.05, 0.1) is 21.8 Å². The molecule has 5 rings (SSSR count). The average Bonchev–Trinajstić information content (AvgIpc) is 3.59. The van der Waals surface area contributed by atoms with Gasteiger partial charge in [-0.2, -0.15) is 13.2 Å². The number of hydrogen-bond donors (Lipinski definition) is 3. The summed E-state index contributed by atoms with van der Waals surface area (Å²) < 4.78 is 41.4. The quantitative estimate of drug-likeness (QED) is 0.343. The Morgan fingerprint density at radius 2 is 1.79 bits per heavy atom. The van der Waals surface area contributed by atoms with Crippen molar-refractivity contribution in [3.8, 4) is 0 Å². The molecule has 0 unspecified atom stereocenters. The third-order valence-corrected chi connectivity index (χ3v) is 8.23. The predicted octanol–water partition coefficient (Wildman–Crippen LogP) is 4.99. The number of halogens is 3. The second-order valence-corrected chi connectivity index (χ2v) is 11.5. The van der Waals surface area contributed by atoms with Crippen molar-refractivity contribution in [2.45, 2.75) is 26.4 Å². The summed E-state index contributed by atoms with van der Waals surface area (Å²) in [6.45, 7) is 6.32. The number of nitrogens with one attached hydrogen (secondary N) is 3. The van der Waals surface area contributed by atoms with Gasteiger partial charge in [0, 0.05) is 69.0 Å². The smallest absolute Gasteiger partial charge is 0.369 e. The number of benzene rings is 2. The summed E-state index contributed by atoms with van der Waals surface area (Å²) in [5.74, 6) is -0.652. The molecule has 2 aliphatic heterocycles. The van der Waals surface area contributed by atoms with Gasteiger partial charge in [0.2, 0.25) is 5.91 Å². The van der Waals surface area contributed by atoms with Crippen LogP contribution in [0.25, 0.3) is 5.70 Å². The highest BCUT2D eigenvalue weighted by Crippen LogP contribution is 2.36. The SMILES string of the molecule is CCC(=O)Nc1ncc(C2=CN(c3cc(C(=O)Nc4cc(N5CCN(C)CC5)cc(C(F)(F)F)c4)ccc3C)NN2C)s1. The summed E-state index contributed by atoms with van der Waals surface area (Å²) in [5, 5.41) is 9.47. The molecule has 10 nitrogen and oxygen atoms in total. The van der Waals surface area contributed by atoms with Crippen molar-refractivity contribution >= 4 is 51.0 Å². The zero-order chi connectivity index (χ0) is 30.9. The highest BCUT2D eigenvalue weighted by Gasteiger charge is 2.32. The predicted molar refractivity (Wildman–Crippen MR) is 163 cm³/mol. The number of rotatable bonds is 7.